The van der Waals surface area contributed by atoms with Crippen molar-refractivity contribution in [3.63, 3.8) is 0 Å². The van der Waals surface area contributed by atoms with E-state index in [4.69, 9.17) is 4.74 Å². The Morgan fingerprint density at radius 1 is 1.31 bits per heavy atom. The van der Waals surface area contributed by atoms with E-state index in [1.54, 1.807) is 12.1 Å². The minimum Gasteiger partial charge on any atom is -0.493 e. The molecule has 0 spiro atoms. The maximum Gasteiger partial charge on any atom is 0.241 e. The predicted octanol–water partition coefficient (Wildman–Crippen LogP) is 1.36. The Morgan fingerprint density at radius 2 is 2.08 bits per heavy atom. The number of likely N-dealkylation sites (N-methyl/N-ethyl adjacent to an activating group) is 1. The van der Waals surface area contributed by atoms with Crippen molar-refractivity contribution >= 4 is 11.7 Å². The topological polar surface area (TPSA) is 82.7 Å². The molecule has 4 atom stereocenters. The number of hydrogen-bond acceptors (Lipinski definition) is 6. The quantitative estimate of drug-likeness (QED) is 0.665. The number of ether oxygens (including phenoxy) is 1. The highest BCUT2D eigenvalue weighted by atomic mass is 16.5. The summed E-state index contributed by atoms with van der Waals surface area (Å²) in [6.07, 6.45) is 1.62. The van der Waals surface area contributed by atoms with Gasteiger partial charge < -0.3 is 10.1 Å². The summed E-state index contributed by atoms with van der Waals surface area (Å²) >= 11 is 0. The van der Waals surface area contributed by atoms with Gasteiger partial charge in [0, 0.05) is 24.2 Å². The number of hydrogen-bond donors (Lipinski definition) is 3. The SMILES string of the molecule is CCCC1NN(C)C2C(=O)NC(c3cc(C(C)=O)ccc3OCC)NC12. The van der Waals surface area contributed by atoms with E-state index in [0.717, 1.165) is 18.4 Å². The number of amides is 1. The molecule has 2 heterocycles. The molecule has 1 amide bonds. The molecule has 0 aliphatic carbocycles. The van der Waals surface area contributed by atoms with Crippen LogP contribution >= 0.6 is 0 Å². The van der Waals surface area contributed by atoms with Crippen LogP contribution in [0, 0.1) is 0 Å². The van der Waals surface area contributed by atoms with Gasteiger partial charge in [-0.2, -0.15) is 0 Å². The van der Waals surface area contributed by atoms with Crippen LogP contribution in [0.5, 0.6) is 5.75 Å². The van der Waals surface area contributed by atoms with Crippen molar-refractivity contribution in [3.8, 4) is 5.75 Å². The zero-order valence-corrected chi connectivity index (χ0v) is 15.8. The molecule has 2 aliphatic rings. The second-order valence-corrected chi connectivity index (χ2v) is 6.96. The summed E-state index contributed by atoms with van der Waals surface area (Å²) in [5.41, 5.74) is 4.79. The molecule has 4 unspecified atom stereocenters. The van der Waals surface area contributed by atoms with Crippen LogP contribution in [0.1, 0.15) is 55.7 Å². The third-order valence-electron chi connectivity index (χ3n) is 5.10. The number of carbonyl (C=O) groups excluding carboxylic acids is 2. The molecule has 3 rings (SSSR count). The first-order valence-corrected chi connectivity index (χ1v) is 9.29. The number of nitrogens with zero attached hydrogens (tertiary/aromatic N) is 1. The average Bonchev–Trinajstić information content (AvgIpc) is 2.92. The van der Waals surface area contributed by atoms with Gasteiger partial charge in [0.1, 0.15) is 18.0 Å². The Morgan fingerprint density at radius 3 is 2.73 bits per heavy atom. The van der Waals surface area contributed by atoms with Crippen LogP contribution in [-0.4, -0.2) is 48.5 Å². The first-order valence-electron chi connectivity index (χ1n) is 9.29. The lowest BCUT2D eigenvalue weighted by atomic mass is 9.94. The Hall–Kier alpha value is -1.96. The molecule has 7 nitrogen and oxygen atoms in total. The fourth-order valence-corrected chi connectivity index (χ4v) is 3.89. The number of ketones is 1. The van der Waals surface area contributed by atoms with Gasteiger partial charge in [-0.25, -0.2) is 10.4 Å². The summed E-state index contributed by atoms with van der Waals surface area (Å²) in [7, 11) is 1.90. The van der Waals surface area contributed by atoms with E-state index in [9.17, 15) is 9.59 Å². The normalized spacial score (nSPS) is 28.5. The van der Waals surface area contributed by atoms with Crippen molar-refractivity contribution in [1.29, 1.82) is 0 Å². The van der Waals surface area contributed by atoms with Crippen molar-refractivity contribution in [2.45, 2.75) is 57.9 Å². The van der Waals surface area contributed by atoms with E-state index in [1.165, 1.54) is 6.92 Å². The zero-order valence-electron chi connectivity index (χ0n) is 15.8. The second-order valence-electron chi connectivity index (χ2n) is 6.96. The standard InChI is InChI=1S/C19H28N4O3/c1-5-7-14-16-17(23(4)22-14)19(25)21-18(20-16)13-10-12(11(3)24)8-9-15(13)26-6-2/h8-10,14,16-18,20,22H,5-7H2,1-4H3,(H,21,25). The van der Waals surface area contributed by atoms with Gasteiger partial charge in [0.05, 0.1) is 12.6 Å². The van der Waals surface area contributed by atoms with Crippen molar-refractivity contribution in [2.24, 2.45) is 0 Å². The number of benzene rings is 1. The second kappa shape index (κ2) is 7.73. The molecule has 1 aromatic rings. The Labute approximate surface area is 154 Å². The van der Waals surface area contributed by atoms with E-state index >= 15 is 0 Å². The summed E-state index contributed by atoms with van der Waals surface area (Å²) in [5.74, 6) is 0.642. The molecule has 0 aromatic heterocycles. The summed E-state index contributed by atoms with van der Waals surface area (Å²) in [6.45, 7) is 6.11. The monoisotopic (exact) mass is 360 g/mol. The minimum atomic E-state index is -0.391. The molecule has 0 bridgehead atoms. The third kappa shape index (κ3) is 3.47. The lowest BCUT2D eigenvalue weighted by molar-refractivity contribution is -0.129. The van der Waals surface area contributed by atoms with Crippen LogP contribution < -0.4 is 20.8 Å². The fourth-order valence-electron chi connectivity index (χ4n) is 3.89. The Kier molecular flexibility index (Phi) is 5.60. The van der Waals surface area contributed by atoms with Gasteiger partial charge in [-0.15, -0.1) is 0 Å². The van der Waals surface area contributed by atoms with Crippen molar-refractivity contribution in [2.75, 3.05) is 13.7 Å². The van der Waals surface area contributed by atoms with Crippen molar-refractivity contribution < 1.29 is 14.3 Å². The zero-order chi connectivity index (χ0) is 18.8. The molecule has 2 aliphatic heterocycles. The lowest BCUT2D eigenvalue weighted by Crippen LogP contribution is -2.62. The van der Waals surface area contributed by atoms with Crippen LogP contribution in [-0.2, 0) is 4.79 Å². The molecule has 0 radical (unpaired) electrons. The molecule has 26 heavy (non-hydrogen) atoms. The lowest BCUT2D eigenvalue weighted by Gasteiger charge is -2.37. The van der Waals surface area contributed by atoms with E-state index in [2.05, 4.69) is 23.0 Å². The first kappa shape index (κ1) is 18.8. The van der Waals surface area contributed by atoms with Crippen LogP contribution in [0.25, 0.3) is 0 Å². The van der Waals surface area contributed by atoms with E-state index in [1.807, 2.05) is 25.0 Å². The number of Topliss-reactive ketones (excluding diaryl/α,β-unsaturated/α-hetero) is 1. The number of fused-ring (bicyclic) bond motifs is 1. The van der Waals surface area contributed by atoms with E-state index in [0.29, 0.717) is 17.9 Å². The summed E-state index contributed by atoms with van der Waals surface area (Å²) in [4.78, 5) is 24.6. The number of nitrogens with one attached hydrogen (secondary N) is 3. The van der Waals surface area contributed by atoms with Crippen LogP contribution in [0.2, 0.25) is 0 Å². The number of hydrazine groups is 1. The van der Waals surface area contributed by atoms with Gasteiger partial charge in [0.25, 0.3) is 0 Å². The average molecular weight is 360 g/mol. The molecule has 7 heteroatoms. The number of rotatable bonds is 6. The largest absolute Gasteiger partial charge is 0.493 e. The van der Waals surface area contributed by atoms with Crippen LogP contribution in [0.4, 0.5) is 0 Å². The highest BCUT2D eigenvalue weighted by Gasteiger charge is 2.48. The van der Waals surface area contributed by atoms with Crippen LogP contribution in [0.3, 0.4) is 0 Å². The van der Waals surface area contributed by atoms with Gasteiger partial charge in [-0.3, -0.25) is 14.9 Å². The van der Waals surface area contributed by atoms with Gasteiger partial charge in [0.15, 0.2) is 5.78 Å². The number of carbonyl (C=O) groups is 2. The van der Waals surface area contributed by atoms with Crippen LogP contribution in [0.15, 0.2) is 18.2 Å². The molecular formula is C19H28N4O3. The van der Waals surface area contributed by atoms with Gasteiger partial charge in [0.2, 0.25) is 5.91 Å². The van der Waals surface area contributed by atoms with Gasteiger partial charge in [-0.05, 0) is 38.5 Å². The van der Waals surface area contributed by atoms with E-state index in [-0.39, 0.29) is 29.8 Å². The maximum atomic E-state index is 12.8. The molecule has 3 N–H and O–H groups in total. The molecule has 2 saturated heterocycles. The van der Waals surface area contributed by atoms with E-state index < -0.39 is 6.17 Å². The third-order valence-corrected chi connectivity index (χ3v) is 5.10. The van der Waals surface area contributed by atoms with Gasteiger partial charge >= 0.3 is 0 Å². The van der Waals surface area contributed by atoms with Crippen molar-refractivity contribution in [1.82, 2.24) is 21.1 Å². The summed E-state index contributed by atoms with van der Waals surface area (Å²) < 4.78 is 5.74. The summed E-state index contributed by atoms with van der Waals surface area (Å²) in [6, 6.07) is 5.30. The minimum absolute atomic E-state index is 0.00541. The molecular weight excluding hydrogens is 332 g/mol. The fraction of sp³-hybridized carbons (Fsp3) is 0.579. The highest BCUT2D eigenvalue weighted by Crippen LogP contribution is 2.31. The smallest absolute Gasteiger partial charge is 0.241 e. The Balaban J connectivity index is 1.93. The highest BCUT2D eigenvalue weighted by molar-refractivity contribution is 5.94. The van der Waals surface area contributed by atoms with Crippen molar-refractivity contribution in [3.05, 3.63) is 29.3 Å². The predicted molar refractivity (Wildman–Crippen MR) is 98.8 cm³/mol. The molecule has 142 valence electrons. The molecule has 0 saturated carbocycles. The summed E-state index contributed by atoms with van der Waals surface area (Å²) in [5, 5.41) is 8.49. The first-order chi connectivity index (χ1) is 12.5. The molecule has 2 fully saturated rings. The van der Waals surface area contributed by atoms with Gasteiger partial charge in [-0.1, -0.05) is 13.3 Å². The maximum absolute atomic E-state index is 12.8. The Bertz CT molecular complexity index is 693. The molecule has 1 aromatic carbocycles.